The standard InChI is InChI=1S/C16H22F2N2O3/c1-20-8-7-16(22,11-20)10-19-14(21)6-5-12-3-2-4-13(9-12)23-15(17)18/h2-4,9,15,22H,5-8,10-11H2,1H3,(H,19,21). The van der Waals surface area contributed by atoms with Crippen molar-refractivity contribution in [2.75, 3.05) is 26.7 Å². The maximum absolute atomic E-state index is 12.2. The van der Waals surface area contributed by atoms with Gasteiger partial charge in [0.1, 0.15) is 5.75 Å². The van der Waals surface area contributed by atoms with Gasteiger partial charge in [0.05, 0.1) is 5.60 Å². The molecule has 2 N–H and O–H groups in total. The van der Waals surface area contributed by atoms with Gasteiger partial charge in [0.15, 0.2) is 0 Å². The highest BCUT2D eigenvalue weighted by molar-refractivity contribution is 5.76. The summed E-state index contributed by atoms with van der Waals surface area (Å²) in [7, 11) is 1.92. The number of likely N-dealkylation sites (N-methyl/N-ethyl adjacent to an activating group) is 1. The summed E-state index contributed by atoms with van der Waals surface area (Å²) in [5.74, 6) is -0.0885. The first-order valence-electron chi connectivity index (χ1n) is 7.58. The predicted molar refractivity (Wildman–Crippen MR) is 81.5 cm³/mol. The minimum absolute atomic E-state index is 0.0845. The van der Waals surface area contributed by atoms with Crippen LogP contribution in [0.3, 0.4) is 0 Å². The molecule has 7 heteroatoms. The second-order valence-electron chi connectivity index (χ2n) is 6.01. The van der Waals surface area contributed by atoms with Crippen LogP contribution in [0.1, 0.15) is 18.4 Å². The van der Waals surface area contributed by atoms with Gasteiger partial charge in [-0.3, -0.25) is 4.79 Å². The zero-order chi connectivity index (χ0) is 16.9. The Morgan fingerprint density at radius 3 is 2.96 bits per heavy atom. The molecule has 1 saturated heterocycles. The molecule has 0 radical (unpaired) electrons. The molecule has 0 aromatic heterocycles. The summed E-state index contributed by atoms with van der Waals surface area (Å²) < 4.78 is 28.7. The van der Waals surface area contributed by atoms with E-state index in [9.17, 15) is 18.7 Å². The second-order valence-corrected chi connectivity index (χ2v) is 6.01. The van der Waals surface area contributed by atoms with Crippen molar-refractivity contribution in [3.8, 4) is 5.75 Å². The number of carbonyl (C=O) groups is 1. The molecule has 1 aliphatic heterocycles. The Morgan fingerprint density at radius 1 is 1.52 bits per heavy atom. The summed E-state index contributed by atoms with van der Waals surface area (Å²) in [6.45, 7) is -1.28. The Balaban J connectivity index is 1.76. The van der Waals surface area contributed by atoms with Gasteiger partial charge in [0.25, 0.3) is 0 Å². The Hall–Kier alpha value is -1.73. The molecular formula is C16H22F2N2O3. The fraction of sp³-hybridized carbons (Fsp3) is 0.562. The van der Waals surface area contributed by atoms with Crippen LogP contribution in [-0.2, 0) is 11.2 Å². The molecule has 0 spiro atoms. The Bertz CT molecular complexity index is 542. The van der Waals surface area contributed by atoms with Gasteiger partial charge in [-0.1, -0.05) is 12.1 Å². The number of benzene rings is 1. The van der Waals surface area contributed by atoms with Gasteiger partial charge >= 0.3 is 6.61 Å². The van der Waals surface area contributed by atoms with Crippen molar-refractivity contribution in [1.29, 1.82) is 0 Å². The van der Waals surface area contributed by atoms with Crippen molar-refractivity contribution in [1.82, 2.24) is 10.2 Å². The topological polar surface area (TPSA) is 61.8 Å². The van der Waals surface area contributed by atoms with E-state index in [4.69, 9.17) is 0 Å². The van der Waals surface area contributed by atoms with E-state index in [-0.39, 0.29) is 24.6 Å². The lowest BCUT2D eigenvalue weighted by molar-refractivity contribution is -0.122. The molecule has 1 aromatic carbocycles. The van der Waals surface area contributed by atoms with Crippen molar-refractivity contribution >= 4 is 5.91 Å². The highest BCUT2D eigenvalue weighted by Gasteiger charge is 2.34. The third-order valence-corrected chi connectivity index (χ3v) is 3.90. The summed E-state index contributed by atoms with van der Waals surface area (Å²) in [4.78, 5) is 13.9. The number of nitrogens with one attached hydrogen (secondary N) is 1. The number of rotatable bonds is 7. The summed E-state index contributed by atoms with van der Waals surface area (Å²) in [5.41, 5.74) is -0.118. The highest BCUT2D eigenvalue weighted by Crippen LogP contribution is 2.19. The van der Waals surface area contributed by atoms with E-state index < -0.39 is 12.2 Å². The Morgan fingerprint density at radius 2 is 2.30 bits per heavy atom. The van der Waals surface area contributed by atoms with E-state index in [0.717, 1.165) is 12.1 Å². The molecule has 0 bridgehead atoms. The first-order valence-corrected chi connectivity index (χ1v) is 7.58. The highest BCUT2D eigenvalue weighted by atomic mass is 19.3. The predicted octanol–water partition coefficient (Wildman–Crippen LogP) is 1.40. The third-order valence-electron chi connectivity index (χ3n) is 3.90. The molecule has 1 aromatic rings. The van der Waals surface area contributed by atoms with Crippen LogP contribution in [0.4, 0.5) is 8.78 Å². The van der Waals surface area contributed by atoms with Crippen LogP contribution in [0.15, 0.2) is 24.3 Å². The van der Waals surface area contributed by atoms with Gasteiger partial charge in [0, 0.05) is 26.1 Å². The number of carbonyl (C=O) groups excluding carboxylic acids is 1. The van der Waals surface area contributed by atoms with E-state index in [2.05, 4.69) is 10.1 Å². The number of aliphatic hydroxyl groups is 1. The molecule has 5 nitrogen and oxygen atoms in total. The normalized spacial score (nSPS) is 21.6. The lowest BCUT2D eigenvalue weighted by Crippen LogP contribution is -2.44. The first kappa shape index (κ1) is 17.6. The lowest BCUT2D eigenvalue weighted by Gasteiger charge is -2.22. The Labute approximate surface area is 134 Å². The quantitative estimate of drug-likeness (QED) is 0.794. The minimum atomic E-state index is -2.86. The average Bonchev–Trinajstić information content (AvgIpc) is 2.83. The fourth-order valence-electron chi connectivity index (χ4n) is 2.69. The number of hydrogen-bond donors (Lipinski definition) is 2. The van der Waals surface area contributed by atoms with E-state index in [1.165, 1.54) is 12.1 Å². The summed E-state index contributed by atoms with van der Waals surface area (Å²) in [6, 6.07) is 6.31. The van der Waals surface area contributed by atoms with E-state index in [0.29, 0.717) is 19.4 Å². The number of likely N-dealkylation sites (tertiary alicyclic amines) is 1. The van der Waals surface area contributed by atoms with Crippen molar-refractivity contribution < 1.29 is 23.4 Å². The number of alkyl halides is 2. The zero-order valence-electron chi connectivity index (χ0n) is 13.1. The third kappa shape index (κ3) is 5.76. The van der Waals surface area contributed by atoms with Crippen LogP contribution < -0.4 is 10.1 Å². The maximum atomic E-state index is 12.2. The van der Waals surface area contributed by atoms with Crippen LogP contribution in [0.25, 0.3) is 0 Å². The van der Waals surface area contributed by atoms with Gasteiger partial charge in [-0.05, 0) is 37.6 Å². The molecule has 2 rings (SSSR count). The van der Waals surface area contributed by atoms with E-state index in [1.54, 1.807) is 12.1 Å². The molecule has 23 heavy (non-hydrogen) atoms. The van der Waals surface area contributed by atoms with Crippen LogP contribution >= 0.6 is 0 Å². The minimum Gasteiger partial charge on any atom is -0.435 e. The average molecular weight is 328 g/mol. The molecule has 1 heterocycles. The summed E-state index contributed by atoms with van der Waals surface area (Å²) >= 11 is 0. The van der Waals surface area contributed by atoms with E-state index >= 15 is 0 Å². The van der Waals surface area contributed by atoms with Gasteiger partial charge in [0.2, 0.25) is 5.91 Å². The molecule has 1 aliphatic rings. The largest absolute Gasteiger partial charge is 0.435 e. The molecule has 128 valence electrons. The summed E-state index contributed by atoms with van der Waals surface area (Å²) in [6.07, 6.45) is 1.28. The maximum Gasteiger partial charge on any atom is 0.387 e. The molecule has 1 fully saturated rings. The fourth-order valence-corrected chi connectivity index (χ4v) is 2.69. The number of hydrogen-bond acceptors (Lipinski definition) is 4. The van der Waals surface area contributed by atoms with Gasteiger partial charge in [-0.2, -0.15) is 8.78 Å². The number of halogens is 2. The lowest BCUT2D eigenvalue weighted by atomic mass is 10.0. The number of ether oxygens (including phenoxy) is 1. The second kappa shape index (κ2) is 7.70. The zero-order valence-corrected chi connectivity index (χ0v) is 13.1. The van der Waals surface area contributed by atoms with Crippen molar-refractivity contribution in [2.24, 2.45) is 0 Å². The molecular weight excluding hydrogens is 306 g/mol. The number of β-amino-alcohol motifs (C(OH)–C–C–N with tert-alkyl or cyclic N) is 1. The SMILES string of the molecule is CN1CCC(O)(CNC(=O)CCc2cccc(OC(F)F)c2)C1. The molecule has 1 amide bonds. The monoisotopic (exact) mass is 328 g/mol. The summed E-state index contributed by atoms with van der Waals surface area (Å²) in [5, 5.41) is 13.0. The molecule has 0 aliphatic carbocycles. The van der Waals surface area contributed by atoms with E-state index in [1.807, 2.05) is 11.9 Å². The van der Waals surface area contributed by atoms with Crippen molar-refractivity contribution in [2.45, 2.75) is 31.5 Å². The van der Waals surface area contributed by atoms with Gasteiger partial charge in [-0.25, -0.2) is 0 Å². The van der Waals surface area contributed by atoms with Crippen LogP contribution in [0.2, 0.25) is 0 Å². The number of nitrogens with zero attached hydrogens (tertiary/aromatic N) is 1. The molecule has 0 saturated carbocycles. The van der Waals surface area contributed by atoms with Crippen molar-refractivity contribution in [3.63, 3.8) is 0 Å². The van der Waals surface area contributed by atoms with Crippen LogP contribution in [-0.4, -0.2) is 54.8 Å². The van der Waals surface area contributed by atoms with Crippen LogP contribution in [0.5, 0.6) is 5.75 Å². The first-order chi connectivity index (χ1) is 10.9. The Kier molecular flexibility index (Phi) is 5.90. The van der Waals surface area contributed by atoms with Crippen LogP contribution in [0, 0.1) is 0 Å². The van der Waals surface area contributed by atoms with Gasteiger partial charge < -0.3 is 20.1 Å². The van der Waals surface area contributed by atoms with Gasteiger partial charge in [-0.15, -0.1) is 0 Å². The molecule has 1 atom stereocenters. The molecule has 1 unspecified atom stereocenters. The number of aryl methyl sites for hydroxylation is 1. The van der Waals surface area contributed by atoms with Crippen molar-refractivity contribution in [3.05, 3.63) is 29.8 Å². The smallest absolute Gasteiger partial charge is 0.387 e. The number of amides is 1.